The van der Waals surface area contributed by atoms with Crippen LogP contribution in [0, 0.1) is 13.8 Å². The molecule has 2 aromatic rings. The van der Waals surface area contributed by atoms with Gasteiger partial charge in [0.05, 0.1) is 0 Å². The summed E-state index contributed by atoms with van der Waals surface area (Å²) >= 11 is 0. The fraction of sp³-hybridized carbons (Fsp3) is 0.333. The molecule has 1 atom stereocenters. The molecule has 0 aliphatic rings. The van der Waals surface area contributed by atoms with Crippen LogP contribution in [0.5, 0.6) is 0 Å². The van der Waals surface area contributed by atoms with E-state index in [0.29, 0.717) is 6.04 Å². The van der Waals surface area contributed by atoms with E-state index in [4.69, 9.17) is 0 Å². The predicted molar refractivity (Wildman–Crippen MR) is 82.2 cm³/mol. The molecular weight excluding hydrogens is 230 g/mol. The van der Waals surface area contributed by atoms with Crippen molar-refractivity contribution >= 4 is 0 Å². The maximum atomic E-state index is 3.67. The summed E-state index contributed by atoms with van der Waals surface area (Å²) in [6.45, 7) is 7.54. The van der Waals surface area contributed by atoms with E-state index >= 15 is 0 Å². The summed E-state index contributed by atoms with van der Waals surface area (Å²) in [6.07, 6.45) is 1.11. The third-order valence-corrected chi connectivity index (χ3v) is 3.87. The Morgan fingerprint density at radius 3 is 2.37 bits per heavy atom. The van der Waals surface area contributed by atoms with Crippen molar-refractivity contribution in [2.24, 2.45) is 0 Å². The van der Waals surface area contributed by atoms with Crippen molar-refractivity contribution in [1.29, 1.82) is 0 Å². The first-order valence-electron chi connectivity index (χ1n) is 7.05. The molecule has 0 radical (unpaired) electrons. The van der Waals surface area contributed by atoms with Crippen molar-refractivity contribution in [1.82, 2.24) is 5.32 Å². The molecule has 2 aromatic carbocycles. The van der Waals surface area contributed by atoms with Crippen LogP contribution in [0.1, 0.15) is 41.6 Å². The Labute approximate surface area is 116 Å². The van der Waals surface area contributed by atoms with Crippen molar-refractivity contribution in [3.63, 3.8) is 0 Å². The Hall–Kier alpha value is -1.60. The molecule has 0 saturated carbocycles. The van der Waals surface area contributed by atoms with E-state index in [0.717, 1.165) is 13.0 Å². The van der Waals surface area contributed by atoms with Crippen molar-refractivity contribution in [3.05, 3.63) is 70.8 Å². The van der Waals surface area contributed by atoms with E-state index in [1.165, 1.54) is 22.3 Å². The molecule has 0 spiro atoms. The molecule has 2 rings (SSSR count). The molecule has 1 N–H and O–H groups in total. The van der Waals surface area contributed by atoms with Crippen molar-refractivity contribution < 1.29 is 0 Å². The van der Waals surface area contributed by atoms with Gasteiger partial charge in [-0.05, 0) is 42.5 Å². The average Bonchev–Trinajstić information content (AvgIpc) is 2.45. The van der Waals surface area contributed by atoms with Crippen LogP contribution in [-0.4, -0.2) is 0 Å². The minimum atomic E-state index is 0.432. The highest BCUT2D eigenvalue weighted by Gasteiger charge is 2.09. The summed E-state index contributed by atoms with van der Waals surface area (Å²) in [5.41, 5.74) is 5.54. The minimum absolute atomic E-state index is 0.432. The van der Waals surface area contributed by atoms with E-state index < -0.39 is 0 Å². The van der Waals surface area contributed by atoms with E-state index in [1.54, 1.807) is 0 Å². The molecule has 1 heteroatoms. The van der Waals surface area contributed by atoms with Gasteiger partial charge in [-0.2, -0.15) is 0 Å². The molecular formula is C18H23N. The van der Waals surface area contributed by atoms with Gasteiger partial charge in [-0.15, -0.1) is 0 Å². The molecule has 0 aliphatic heterocycles. The maximum Gasteiger partial charge on any atom is 0.0320 e. The number of hydrogen-bond donors (Lipinski definition) is 1. The zero-order valence-electron chi connectivity index (χ0n) is 12.1. The molecule has 0 amide bonds. The van der Waals surface area contributed by atoms with Gasteiger partial charge in [0.15, 0.2) is 0 Å². The molecule has 19 heavy (non-hydrogen) atoms. The summed E-state index contributed by atoms with van der Waals surface area (Å²) < 4.78 is 0. The van der Waals surface area contributed by atoms with E-state index in [9.17, 15) is 0 Å². The highest BCUT2D eigenvalue weighted by atomic mass is 14.9. The van der Waals surface area contributed by atoms with E-state index in [1.807, 2.05) is 0 Å². The van der Waals surface area contributed by atoms with E-state index in [2.05, 4.69) is 74.6 Å². The first-order valence-corrected chi connectivity index (χ1v) is 7.05. The molecule has 100 valence electrons. The third kappa shape index (κ3) is 3.45. The van der Waals surface area contributed by atoms with E-state index in [-0.39, 0.29) is 0 Å². The smallest absolute Gasteiger partial charge is 0.0320 e. The van der Waals surface area contributed by atoms with Gasteiger partial charge in [-0.3, -0.25) is 0 Å². The van der Waals surface area contributed by atoms with Crippen LogP contribution in [0.15, 0.2) is 48.5 Å². The lowest BCUT2D eigenvalue weighted by Crippen LogP contribution is -2.20. The SMILES string of the molecule is CCC(NCc1cccc(C)c1C)c1ccccc1. The largest absolute Gasteiger partial charge is 0.306 e. The van der Waals surface area contributed by atoms with Crippen LogP contribution in [-0.2, 0) is 6.54 Å². The Kier molecular flexibility index (Phi) is 4.75. The van der Waals surface area contributed by atoms with Gasteiger partial charge in [0, 0.05) is 12.6 Å². The maximum absolute atomic E-state index is 3.67. The normalized spacial score (nSPS) is 12.4. The Bertz CT molecular complexity index is 516. The summed E-state index contributed by atoms with van der Waals surface area (Å²) in [4.78, 5) is 0. The molecule has 1 nitrogen and oxygen atoms in total. The quantitative estimate of drug-likeness (QED) is 0.824. The molecule has 0 heterocycles. The number of aryl methyl sites for hydroxylation is 1. The van der Waals surface area contributed by atoms with Crippen molar-refractivity contribution in [2.45, 2.75) is 39.8 Å². The van der Waals surface area contributed by atoms with Crippen LogP contribution in [0.4, 0.5) is 0 Å². The zero-order chi connectivity index (χ0) is 13.7. The van der Waals surface area contributed by atoms with Gasteiger partial charge in [-0.25, -0.2) is 0 Å². The van der Waals surface area contributed by atoms with Crippen molar-refractivity contribution in [2.75, 3.05) is 0 Å². The lowest BCUT2D eigenvalue weighted by atomic mass is 10.0. The molecule has 0 fully saturated rings. The molecule has 0 saturated heterocycles. The molecule has 1 unspecified atom stereocenters. The zero-order valence-corrected chi connectivity index (χ0v) is 12.1. The Morgan fingerprint density at radius 2 is 1.68 bits per heavy atom. The predicted octanol–water partition coefficient (Wildman–Crippen LogP) is 4.54. The van der Waals surface area contributed by atoms with Crippen LogP contribution in [0.25, 0.3) is 0 Å². The fourth-order valence-corrected chi connectivity index (χ4v) is 2.42. The first-order chi connectivity index (χ1) is 9.22. The highest BCUT2D eigenvalue weighted by Crippen LogP contribution is 2.18. The lowest BCUT2D eigenvalue weighted by molar-refractivity contribution is 0.518. The summed E-state index contributed by atoms with van der Waals surface area (Å²) in [5, 5.41) is 3.67. The average molecular weight is 253 g/mol. The standard InChI is InChI=1S/C18H23N/c1-4-18(16-10-6-5-7-11-16)19-13-17-12-8-9-14(2)15(17)3/h5-12,18-19H,4,13H2,1-3H3. The van der Waals surface area contributed by atoms with Crippen LogP contribution >= 0.6 is 0 Å². The number of rotatable bonds is 5. The number of hydrogen-bond acceptors (Lipinski definition) is 1. The first kappa shape index (κ1) is 13.8. The van der Waals surface area contributed by atoms with Gasteiger partial charge in [0.25, 0.3) is 0 Å². The van der Waals surface area contributed by atoms with Crippen molar-refractivity contribution in [3.8, 4) is 0 Å². The number of nitrogens with one attached hydrogen (secondary N) is 1. The summed E-state index contributed by atoms with van der Waals surface area (Å²) in [5.74, 6) is 0. The minimum Gasteiger partial charge on any atom is -0.306 e. The monoisotopic (exact) mass is 253 g/mol. The fourth-order valence-electron chi connectivity index (χ4n) is 2.42. The van der Waals surface area contributed by atoms with Crippen LogP contribution in [0.2, 0.25) is 0 Å². The van der Waals surface area contributed by atoms with Gasteiger partial charge in [0.2, 0.25) is 0 Å². The topological polar surface area (TPSA) is 12.0 Å². The van der Waals surface area contributed by atoms with Crippen LogP contribution in [0.3, 0.4) is 0 Å². The second-order valence-electron chi connectivity index (χ2n) is 5.11. The third-order valence-electron chi connectivity index (χ3n) is 3.87. The second-order valence-corrected chi connectivity index (χ2v) is 5.11. The summed E-state index contributed by atoms with van der Waals surface area (Å²) in [6, 6.07) is 17.6. The van der Waals surface area contributed by atoms with Gasteiger partial charge in [-0.1, -0.05) is 55.5 Å². The second kappa shape index (κ2) is 6.53. The van der Waals surface area contributed by atoms with Gasteiger partial charge in [0.1, 0.15) is 0 Å². The molecule has 0 aromatic heterocycles. The summed E-state index contributed by atoms with van der Waals surface area (Å²) in [7, 11) is 0. The van der Waals surface area contributed by atoms with Gasteiger partial charge < -0.3 is 5.32 Å². The lowest BCUT2D eigenvalue weighted by Gasteiger charge is -2.18. The highest BCUT2D eigenvalue weighted by molar-refractivity contribution is 5.33. The van der Waals surface area contributed by atoms with Gasteiger partial charge >= 0.3 is 0 Å². The molecule has 0 bridgehead atoms. The molecule has 0 aliphatic carbocycles. The van der Waals surface area contributed by atoms with Crippen LogP contribution < -0.4 is 5.32 Å². The Morgan fingerprint density at radius 1 is 0.947 bits per heavy atom. The Balaban J connectivity index is 2.06. The number of benzene rings is 2.